The normalized spacial score (nSPS) is 15.0. The average molecular weight is 405 g/mol. The molecule has 6 heteroatoms. The molecule has 156 valence electrons. The third kappa shape index (κ3) is 4.53. The van der Waals surface area contributed by atoms with Crippen molar-refractivity contribution >= 4 is 23.1 Å². The molecule has 6 nitrogen and oxygen atoms in total. The predicted molar refractivity (Wildman–Crippen MR) is 117 cm³/mol. The summed E-state index contributed by atoms with van der Waals surface area (Å²) in [5, 5.41) is 2.98. The number of pyridine rings is 1. The van der Waals surface area contributed by atoms with Crippen LogP contribution in [0.1, 0.15) is 43.7 Å². The summed E-state index contributed by atoms with van der Waals surface area (Å²) in [6.45, 7) is 5.55. The zero-order chi connectivity index (χ0) is 21.1. The second-order valence-electron chi connectivity index (χ2n) is 8.33. The minimum atomic E-state index is -0.0391. The van der Waals surface area contributed by atoms with E-state index in [1.807, 2.05) is 59.8 Å². The van der Waals surface area contributed by atoms with E-state index in [1.54, 1.807) is 6.20 Å². The van der Waals surface area contributed by atoms with Gasteiger partial charge in [0.1, 0.15) is 5.65 Å². The lowest BCUT2D eigenvalue weighted by atomic mass is 9.89. The summed E-state index contributed by atoms with van der Waals surface area (Å²) in [6, 6.07) is 12.0. The molecule has 1 aliphatic heterocycles. The molecule has 30 heavy (non-hydrogen) atoms. The minimum Gasteiger partial charge on any atom is -0.342 e. The average Bonchev–Trinajstić information content (AvgIpc) is 3.21. The molecule has 0 saturated carbocycles. The number of likely N-dealkylation sites (tertiary alicyclic amines) is 1. The lowest BCUT2D eigenvalue weighted by Gasteiger charge is -2.33. The summed E-state index contributed by atoms with van der Waals surface area (Å²) in [4.78, 5) is 30.8. The Balaban J connectivity index is 1.31. The van der Waals surface area contributed by atoms with Crippen LogP contribution < -0.4 is 5.32 Å². The third-order valence-electron chi connectivity index (χ3n) is 5.78. The lowest BCUT2D eigenvalue weighted by molar-refractivity contribution is -0.135. The number of nitrogens with one attached hydrogen (secondary N) is 1. The van der Waals surface area contributed by atoms with Crippen LogP contribution in [-0.4, -0.2) is 39.2 Å². The Kier molecular flexibility index (Phi) is 5.84. The van der Waals surface area contributed by atoms with Crippen molar-refractivity contribution in [2.75, 3.05) is 18.4 Å². The van der Waals surface area contributed by atoms with Gasteiger partial charge in [-0.25, -0.2) is 4.98 Å². The molecule has 0 aliphatic carbocycles. The first kappa shape index (κ1) is 20.1. The monoisotopic (exact) mass is 404 g/mol. The van der Waals surface area contributed by atoms with Crippen LogP contribution in [0.4, 0.5) is 5.69 Å². The van der Waals surface area contributed by atoms with Crippen LogP contribution >= 0.6 is 0 Å². The quantitative estimate of drug-likeness (QED) is 0.702. The number of carbonyl (C=O) groups excluding carboxylic acids is 2. The molecule has 0 unspecified atom stereocenters. The molecule has 1 N–H and O–H groups in total. The highest BCUT2D eigenvalue weighted by atomic mass is 16.2. The fourth-order valence-corrected chi connectivity index (χ4v) is 4.10. The molecule has 2 aromatic heterocycles. The van der Waals surface area contributed by atoms with Gasteiger partial charge in [-0.1, -0.05) is 32.0 Å². The van der Waals surface area contributed by atoms with Gasteiger partial charge < -0.3 is 14.6 Å². The fraction of sp³-hybridized carbons (Fsp3) is 0.375. The molecular weight excluding hydrogens is 376 g/mol. The topological polar surface area (TPSA) is 66.7 Å². The molecule has 3 heterocycles. The SMILES string of the molecule is CC(C)C(=O)N1CCC(c2ccc(NC(=O)Cc3ccc4nccn4c3)cc2)CC1. The minimum absolute atomic E-state index is 0.0391. The summed E-state index contributed by atoms with van der Waals surface area (Å²) in [5.74, 6) is 0.737. The summed E-state index contributed by atoms with van der Waals surface area (Å²) < 4.78 is 1.91. The van der Waals surface area contributed by atoms with E-state index in [1.165, 1.54) is 5.56 Å². The zero-order valence-corrected chi connectivity index (χ0v) is 17.5. The number of aromatic nitrogens is 2. The second kappa shape index (κ2) is 8.69. The van der Waals surface area contributed by atoms with E-state index >= 15 is 0 Å². The first-order chi connectivity index (χ1) is 14.5. The number of nitrogens with zero attached hydrogens (tertiary/aromatic N) is 3. The van der Waals surface area contributed by atoms with Gasteiger partial charge in [0.25, 0.3) is 0 Å². The van der Waals surface area contributed by atoms with E-state index in [4.69, 9.17) is 0 Å². The second-order valence-corrected chi connectivity index (χ2v) is 8.33. The van der Waals surface area contributed by atoms with Gasteiger partial charge >= 0.3 is 0 Å². The lowest BCUT2D eigenvalue weighted by Crippen LogP contribution is -2.40. The van der Waals surface area contributed by atoms with Crippen molar-refractivity contribution in [1.82, 2.24) is 14.3 Å². The molecule has 0 bridgehead atoms. The van der Waals surface area contributed by atoms with Gasteiger partial charge in [-0.05, 0) is 48.1 Å². The number of piperidine rings is 1. The van der Waals surface area contributed by atoms with Crippen LogP contribution in [0.2, 0.25) is 0 Å². The molecule has 1 aliphatic rings. The van der Waals surface area contributed by atoms with Crippen LogP contribution in [0.3, 0.4) is 0 Å². The molecule has 0 spiro atoms. The molecule has 4 rings (SSSR count). The highest BCUT2D eigenvalue weighted by molar-refractivity contribution is 5.92. The molecule has 1 aromatic carbocycles. The molecule has 2 amide bonds. The predicted octanol–water partition coefficient (Wildman–Crippen LogP) is 3.88. The Hall–Kier alpha value is -3.15. The Morgan fingerprint density at radius 2 is 1.83 bits per heavy atom. The van der Waals surface area contributed by atoms with E-state index in [0.717, 1.165) is 42.8 Å². The first-order valence-electron chi connectivity index (χ1n) is 10.6. The largest absolute Gasteiger partial charge is 0.342 e. The van der Waals surface area contributed by atoms with Crippen molar-refractivity contribution in [2.45, 2.75) is 39.0 Å². The van der Waals surface area contributed by atoms with E-state index in [0.29, 0.717) is 12.3 Å². The number of fused-ring (bicyclic) bond motifs is 1. The highest BCUT2D eigenvalue weighted by Crippen LogP contribution is 2.29. The van der Waals surface area contributed by atoms with E-state index < -0.39 is 0 Å². The van der Waals surface area contributed by atoms with Gasteiger partial charge in [0.05, 0.1) is 6.42 Å². The summed E-state index contributed by atoms with van der Waals surface area (Å²) in [5.41, 5.74) is 3.89. The third-order valence-corrected chi connectivity index (χ3v) is 5.78. The van der Waals surface area contributed by atoms with Gasteiger partial charge in [0.15, 0.2) is 0 Å². The number of anilines is 1. The van der Waals surface area contributed by atoms with Gasteiger partial charge in [-0.3, -0.25) is 9.59 Å². The Bertz CT molecular complexity index is 1030. The standard InChI is InChI=1S/C24H28N4O2/c1-17(2)24(30)27-12-9-20(10-13-27)19-4-6-21(7-5-19)26-23(29)15-18-3-8-22-25-11-14-28(22)16-18/h3-8,11,14,16-17,20H,9-10,12-13,15H2,1-2H3,(H,26,29). The van der Waals surface area contributed by atoms with Crippen LogP contribution in [0.25, 0.3) is 5.65 Å². The number of rotatable bonds is 5. The zero-order valence-electron chi connectivity index (χ0n) is 17.5. The van der Waals surface area contributed by atoms with E-state index in [2.05, 4.69) is 22.4 Å². The molecule has 0 radical (unpaired) electrons. The van der Waals surface area contributed by atoms with Crippen molar-refractivity contribution in [2.24, 2.45) is 5.92 Å². The molecule has 1 saturated heterocycles. The van der Waals surface area contributed by atoms with Crippen molar-refractivity contribution in [3.63, 3.8) is 0 Å². The maximum Gasteiger partial charge on any atom is 0.228 e. The van der Waals surface area contributed by atoms with E-state index in [9.17, 15) is 9.59 Å². The van der Waals surface area contributed by atoms with Crippen molar-refractivity contribution < 1.29 is 9.59 Å². The number of carbonyl (C=O) groups is 2. The molecule has 1 fully saturated rings. The molecule has 0 atom stereocenters. The molecule has 3 aromatic rings. The Labute approximate surface area is 176 Å². The highest BCUT2D eigenvalue weighted by Gasteiger charge is 2.25. The van der Waals surface area contributed by atoms with Crippen LogP contribution in [0.5, 0.6) is 0 Å². The van der Waals surface area contributed by atoms with Crippen LogP contribution in [-0.2, 0) is 16.0 Å². The smallest absolute Gasteiger partial charge is 0.228 e. The number of hydrogen-bond donors (Lipinski definition) is 1. The van der Waals surface area contributed by atoms with Crippen molar-refractivity contribution in [3.05, 3.63) is 66.1 Å². The summed E-state index contributed by atoms with van der Waals surface area (Å²) in [7, 11) is 0. The van der Waals surface area contributed by atoms with Crippen molar-refractivity contribution in [3.8, 4) is 0 Å². The fourth-order valence-electron chi connectivity index (χ4n) is 4.10. The maximum absolute atomic E-state index is 12.4. The first-order valence-corrected chi connectivity index (χ1v) is 10.6. The van der Waals surface area contributed by atoms with Crippen molar-refractivity contribution in [1.29, 1.82) is 0 Å². The Morgan fingerprint density at radius 1 is 1.10 bits per heavy atom. The summed E-state index contributed by atoms with van der Waals surface area (Å²) in [6.07, 6.45) is 7.84. The van der Waals surface area contributed by atoms with Crippen LogP contribution in [0, 0.1) is 5.92 Å². The Morgan fingerprint density at radius 3 is 2.53 bits per heavy atom. The van der Waals surface area contributed by atoms with Crippen LogP contribution in [0.15, 0.2) is 55.0 Å². The van der Waals surface area contributed by atoms with Gasteiger partial charge in [0.2, 0.25) is 11.8 Å². The number of imidazole rings is 1. The van der Waals surface area contributed by atoms with Gasteiger partial charge in [-0.2, -0.15) is 0 Å². The summed E-state index contributed by atoms with van der Waals surface area (Å²) >= 11 is 0. The number of benzene rings is 1. The van der Waals surface area contributed by atoms with E-state index in [-0.39, 0.29) is 17.7 Å². The number of amides is 2. The van der Waals surface area contributed by atoms with Gasteiger partial charge in [-0.15, -0.1) is 0 Å². The van der Waals surface area contributed by atoms with Gasteiger partial charge in [0, 0.05) is 43.3 Å². The maximum atomic E-state index is 12.4. The number of hydrogen-bond acceptors (Lipinski definition) is 3. The molecular formula is C24H28N4O2.